The number of aryl methyl sites for hydroxylation is 2. The van der Waals surface area contributed by atoms with Crippen molar-refractivity contribution in [2.24, 2.45) is 7.05 Å². The Bertz CT molecular complexity index is 401. The van der Waals surface area contributed by atoms with Crippen LogP contribution in [0.3, 0.4) is 0 Å². The number of anilines is 1. The van der Waals surface area contributed by atoms with E-state index >= 15 is 0 Å². The average molecular weight is 248 g/mol. The van der Waals surface area contributed by atoms with Crippen molar-refractivity contribution in [1.82, 2.24) is 9.78 Å². The summed E-state index contributed by atoms with van der Waals surface area (Å²) in [6, 6.07) is 2.21. The van der Waals surface area contributed by atoms with Crippen LogP contribution in [0.1, 0.15) is 56.7 Å². The van der Waals surface area contributed by atoms with Crippen LogP contribution in [0.25, 0.3) is 0 Å². The largest absolute Gasteiger partial charge is 0.369 e. The first-order valence-electron chi connectivity index (χ1n) is 6.88. The van der Waals surface area contributed by atoms with Crippen molar-refractivity contribution in [2.45, 2.75) is 52.4 Å². The second-order valence-corrected chi connectivity index (χ2v) is 4.74. The molecular formula is C14H24N4. The highest BCUT2D eigenvalue weighted by atomic mass is 15.3. The van der Waals surface area contributed by atoms with Gasteiger partial charge < -0.3 is 5.32 Å². The maximum absolute atomic E-state index is 9.07. The molecule has 0 aromatic carbocycles. The minimum Gasteiger partial charge on any atom is -0.369 e. The molecule has 0 fully saturated rings. The lowest BCUT2D eigenvalue weighted by atomic mass is 10.1. The normalized spacial score (nSPS) is 10.3. The number of hydrogen-bond acceptors (Lipinski definition) is 3. The summed E-state index contributed by atoms with van der Waals surface area (Å²) in [7, 11) is 1.87. The van der Waals surface area contributed by atoms with Crippen LogP contribution < -0.4 is 5.32 Å². The maximum atomic E-state index is 9.07. The van der Waals surface area contributed by atoms with Gasteiger partial charge in [0.05, 0.1) is 5.69 Å². The van der Waals surface area contributed by atoms with Gasteiger partial charge in [0, 0.05) is 13.6 Å². The first-order valence-corrected chi connectivity index (χ1v) is 6.88. The highest BCUT2D eigenvalue weighted by Gasteiger charge is 2.11. The lowest BCUT2D eigenvalue weighted by Gasteiger charge is -2.06. The summed E-state index contributed by atoms with van der Waals surface area (Å²) in [6.07, 6.45) is 7.69. The molecule has 0 saturated heterocycles. The SMILES string of the molecule is CCCCCCCCNc1c(C#N)c(C)nn1C. The summed E-state index contributed by atoms with van der Waals surface area (Å²) in [6.45, 7) is 5.02. The molecule has 0 bridgehead atoms. The van der Waals surface area contributed by atoms with Crippen LogP contribution in [-0.2, 0) is 7.05 Å². The van der Waals surface area contributed by atoms with E-state index in [4.69, 9.17) is 5.26 Å². The Labute approximate surface area is 110 Å². The van der Waals surface area contributed by atoms with E-state index in [1.807, 2.05) is 14.0 Å². The highest BCUT2D eigenvalue weighted by molar-refractivity contribution is 5.54. The fourth-order valence-electron chi connectivity index (χ4n) is 2.11. The molecule has 0 radical (unpaired) electrons. The van der Waals surface area contributed by atoms with Gasteiger partial charge in [0.2, 0.25) is 0 Å². The van der Waals surface area contributed by atoms with Crippen LogP contribution in [0.4, 0.5) is 5.82 Å². The summed E-state index contributed by atoms with van der Waals surface area (Å²) < 4.78 is 1.75. The first-order chi connectivity index (χ1) is 8.70. The van der Waals surface area contributed by atoms with Gasteiger partial charge in [0.25, 0.3) is 0 Å². The monoisotopic (exact) mass is 248 g/mol. The highest BCUT2D eigenvalue weighted by Crippen LogP contribution is 2.17. The van der Waals surface area contributed by atoms with E-state index in [9.17, 15) is 0 Å². The molecule has 0 atom stereocenters. The average Bonchev–Trinajstić information content (AvgIpc) is 2.62. The zero-order valence-corrected chi connectivity index (χ0v) is 11.8. The molecule has 0 unspecified atom stereocenters. The molecule has 1 rings (SSSR count). The number of nitriles is 1. The molecule has 0 saturated carbocycles. The predicted molar refractivity (Wildman–Crippen MR) is 74.5 cm³/mol. The van der Waals surface area contributed by atoms with Crippen LogP contribution in [0.15, 0.2) is 0 Å². The quantitative estimate of drug-likeness (QED) is 0.718. The van der Waals surface area contributed by atoms with Gasteiger partial charge in [-0.2, -0.15) is 10.4 Å². The van der Waals surface area contributed by atoms with Crippen LogP contribution in [-0.4, -0.2) is 16.3 Å². The number of unbranched alkanes of at least 4 members (excludes halogenated alkanes) is 5. The Hall–Kier alpha value is -1.50. The first kappa shape index (κ1) is 14.6. The molecule has 0 aliphatic rings. The van der Waals surface area contributed by atoms with Gasteiger partial charge >= 0.3 is 0 Å². The maximum Gasteiger partial charge on any atom is 0.142 e. The lowest BCUT2D eigenvalue weighted by molar-refractivity contribution is 0.615. The molecule has 4 heteroatoms. The summed E-state index contributed by atoms with van der Waals surface area (Å²) in [5, 5.41) is 16.6. The Kier molecular flexibility index (Phi) is 6.27. The third-order valence-electron chi connectivity index (χ3n) is 3.16. The van der Waals surface area contributed by atoms with Gasteiger partial charge in [-0.3, -0.25) is 4.68 Å². The topological polar surface area (TPSA) is 53.6 Å². The summed E-state index contributed by atoms with van der Waals surface area (Å²) in [4.78, 5) is 0. The second kappa shape index (κ2) is 7.75. The van der Waals surface area contributed by atoms with Gasteiger partial charge in [-0.15, -0.1) is 0 Å². The minimum absolute atomic E-state index is 0.670. The molecule has 1 aromatic rings. The van der Waals surface area contributed by atoms with Gasteiger partial charge in [-0.1, -0.05) is 39.0 Å². The van der Waals surface area contributed by atoms with Crippen molar-refractivity contribution < 1.29 is 0 Å². The van der Waals surface area contributed by atoms with Gasteiger partial charge in [-0.25, -0.2) is 0 Å². The number of nitrogens with one attached hydrogen (secondary N) is 1. The number of nitrogens with zero attached hydrogens (tertiary/aromatic N) is 3. The molecule has 1 heterocycles. The number of aromatic nitrogens is 2. The van der Waals surface area contributed by atoms with Crippen LogP contribution >= 0.6 is 0 Å². The van der Waals surface area contributed by atoms with Crippen molar-refractivity contribution >= 4 is 5.82 Å². The van der Waals surface area contributed by atoms with Crippen molar-refractivity contribution in [3.05, 3.63) is 11.3 Å². The molecule has 100 valence electrons. The Balaban J connectivity index is 2.30. The molecule has 1 aromatic heterocycles. The van der Waals surface area contributed by atoms with Gasteiger partial charge in [0.15, 0.2) is 0 Å². The summed E-state index contributed by atoms with van der Waals surface area (Å²) in [5.41, 5.74) is 1.47. The van der Waals surface area contributed by atoms with E-state index in [1.54, 1.807) is 4.68 Å². The van der Waals surface area contributed by atoms with Gasteiger partial charge in [0.1, 0.15) is 17.5 Å². The van der Waals surface area contributed by atoms with Crippen LogP contribution in [0, 0.1) is 18.3 Å². The molecular weight excluding hydrogens is 224 g/mol. The molecule has 0 amide bonds. The Morgan fingerprint density at radius 1 is 1.22 bits per heavy atom. The van der Waals surface area contributed by atoms with E-state index in [0.717, 1.165) is 24.5 Å². The second-order valence-electron chi connectivity index (χ2n) is 4.74. The van der Waals surface area contributed by atoms with Crippen molar-refractivity contribution in [3.63, 3.8) is 0 Å². The standard InChI is InChI=1S/C14H24N4/c1-4-5-6-7-8-9-10-16-14-13(11-15)12(2)17-18(14)3/h16H,4-10H2,1-3H3. The van der Waals surface area contributed by atoms with E-state index in [2.05, 4.69) is 23.4 Å². The summed E-state index contributed by atoms with van der Waals surface area (Å²) in [5.74, 6) is 0.851. The minimum atomic E-state index is 0.670. The fourth-order valence-corrected chi connectivity index (χ4v) is 2.11. The van der Waals surface area contributed by atoms with Crippen LogP contribution in [0.2, 0.25) is 0 Å². The zero-order chi connectivity index (χ0) is 13.4. The Morgan fingerprint density at radius 3 is 2.56 bits per heavy atom. The van der Waals surface area contributed by atoms with E-state index in [1.165, 1.54) is 32.1 Å². The van der Waals surface area contributed by atoms with Gasteiger partial charge in [-0.05, 0) is 13.3 Å². The fraction of sp³-hybridized carbons (Fsp3) is 0.714. The molecule has 0 spiro atoms. The van der Waals surface area contributed by atoms with Crippen molar-refractivity contribution in [2.75, 3.05) is 11.9 Å². The summed E-state index contributed by atoms with van der Waals surface area (Å²) >= 11 is 0. The molecule has 4 nitrogen and oxygen atoms in total. The molecule has 0 aliphatic heterocycles. The van der Waals surface area contributed by atoms with E-state index in [-0.39, 0.29) is 0 Å². The molecule has 18 heavy (non-hydrogen) atoms. The van der Waals surface area contributed by atoms with Crippen molar-refractivity contribution in [1.29, 1.82) is 5.26 Å². The smallest absolute Gasteiger partial charge is 0.142 e. The van der Waals surface area contributed by atoms with Crippen molar-refractivity contribution in [3.8, 4) is 6.07 Å². The third kappa shape index (κ3) is 4.06. The predicted octanol–water partition coefficient (Wildman–Crippen LogP) is 3.37. The van der Waals surface area contributed by atoms with Crippen LogP contribution in [0.5, 0.6) is 0 Å². The Morgan fingerprint density at radius 2 is 1.89 bits per heavy atom. The zero-order valence-electron chi connectivity index (χ0n) is 11.8. The van der Waals surface area contributed by atoms with E-state index < -0.39 is 0 Å². The molecule has 0 aliphatic carbocycles. The lowest BCUT2D eigenvalue weighted by Crippen LogP contribution is -2.07. The number of rotatable bonds is 8. The number of hydrogen-bond donors (Lipinski definition) is 1. The van der Waals surface area contributed by atoms with E-state index in [0.29, 0.717) is 5.56 Å². The molecule has 1 N–H and O–H groups in total. The third-order valence-corrected chi connectivity index (χ3v) is 3.16.